The number of aliphatic hydroxyl groups excluding tert-OH is 1. The standard InChI is InChI=1S/C20H42O5Si2.C19H50O7Si5.6CH4/c1-7-11-21-15-17-23-13-9-19-26(3,4)25-27(5,6)20-10-14-24-18-16-22-12-8-2;1-19(18-20)22-16-15-21-14-13-17-31(12,25-29(8,9)23-27(2,3)4)26-30(10,11)24-28(5,6)7;;;;;;/h7-8H,1-2,9-20H2,3-6H3;19-20H,13-18H2,1-12H3;6*1H4. The SMILES string of the molecule is C.C.C.C.C.C.C=CCOCCOCCC[Si](C)(C)O[Si](C)(C)CCCOCCOCC=C.CC(CO)OCCOCCC[Si](C)(O[Si](C)(C)O[Si](C)(C)C)O[Si](C)(C)O[Si](C)(C)C. The van der Waals surface area contributed by atoms with Crippen molar-refractivity contribution in [3.05, 3.63) is 25.3 Å². The number of hydrogen-bond donors (Lipinski definition) is 1. The number of rotatable bonds is 37. The van der Waals surface area contributed by atoms with E-state index in [2.05, 4.69) is 111 Å². The fourth-order valence-electron chi connectivity index (χ4n) is 6.46. The summed E-state index contributed by atoms with van der Waals surface area (Å²) in [7, 11) is -13.9. The van der Waals surface area contributed by atoms with Crippen molar-refractivity contribution >= 4 is 59.0 Å². The van der Waals surface area contributed by atoms with E-state index in [-0.39, 0.29) is 57.3 Å². The summed E-state index contributed by atoms with van der Waals surface area (Å²) >= 11 is 0. The van der Waals surface area contributed by atoms with Crippen molar-refractivity contribution in [3.63, 3.8) is 0 Å². The van der Waals surface area contributed by atoms with Crippen LogP contribution in [-0.2, 0) is 49.0 Å². The molecule has 0 bridgehead atoms. The molecule has 0 saturated heterocycles. The van der Waals surface area contributed by atoms with E-state index in [1.54, 1.807) is 12.2 Å². The Morgan fingerprint density at radius 1 is 0.422 bits per heavy atom. The predicted molar refractivity (Wildman–Crippen MR) is 299 cm³/mol. The van der Waals surface area contributed by atoms with E-state index in [4.69, 9.17) is 54.1 Å². The summed E-state index contributed by atoms with van der Waals surface area (Å²) in [5.41, 5.74) is 0. The van der Waals surface area contributed by atoms with Crippen molar-refractivity contribution in [3.8, 4) is 0 Å². The van der Waals surface area contributed by atoms with Crippen LogP contribution in [0.2, 0.25) is 116 Å². The van der Waals surface area contributed by atoms with Gasteiger partial charge in [0.15, 0.2) is 33.3 Å². The first-order valence-electron chi connectivity index (χ1n) is 21.4. The smallest absolute Gasteiger partial charge is 0.317 e. The average molecular weight is 1050 g/mol. The van der Waals surface area contributed by atoms with Crippen LogP contribution in [0.4, 0.5) is 0 Å². The van der Waals surface area contributed by atoms with E-state index in [1.807, 2.05) is 6.92 Å². The molecule has 0 fully saturated rings. The summed E-state index contributed by atoms with van der Waals surface area (Å²) in [6.45, 7) is 49.2. The van der Waals surface area contributed by atoms with Crippen LogP contribution in [0.5, 0.6) is 0 Å². The molecule has 0 aromatic heterocycles. The Kier molecular flexibility index (Phi) is 54.0. The van der Waals surface area contributed by atoms with Crippen LogP contribution in [0.1, 0.15) is 70.7 Å². The molecule has 12 nitrogen and oxygen atoms in total. The summed E-state index contributed by atoms with van der Waals surface area (Å²) < 4.78 is 66.1. The molecule has 0 radical (unpaired) electrons. The van der Waals surface area contributed by atoms with Gasteiger partial charge in [0, 0.05) is 19.8 Å². The molecular formula is C45H116O12Si7. The molecule has 0 saturated carbocycles. The molecule has 0 spiro atoms. The van der Waals surface area contributed by atoms with Gasteiger partial charge >= 0.3 is 25.7 Å². The van der Waals surface area contributed by atoms with E-state index in [0.717, 1.165) is 50.6 Å². The largest absolute Gasteiger partial charge is 0.455 e. The lowest BCUT2D eigenvalue weighted by molar-refractivity contribution is -0.0103. The van der Waals surface area contributed by atoms with Gasteiger partial charge in [-0.2, -0.15) is 0 Å². The van der Waals surface area contributed by atoms with Gasteiger partial charge < -0.3 is 54.1 Å². The highest BCUT2D eigenvalue weighted by atomic mass is 28.5. The van der Waals surface area contributed by atoms with Crippen molar-refractivity contribution < 1.29 is 54.1 Å². The monoisotopic (exact) mass is 1040 g/mol. The third-order valence-corrected chi connectivity index (χ3v) is 32.8. The lowest BCUT2D eigenvalue weighted by Gasteiger charge is -2.43. The summed E-state index contributed by atoms with van der Waals surface area (Å²) in [6.07, 6.45) is 6.31. The molecule has 0 aromatic carbocycles. The minimum Gasteiger partial charge on any atom is -0.455 e. The molecule has 1 atom stereocenters. The van der Waals surface area contributed by atoms with Crippen molar-refractivity contribution in [2.24, 2.45) is 0 Å². The van der Waals surface area contributed by atoms with E-state index < -0.39 is 59.0 Å². The van der Waals surface area contributed by atoms with Gasteiger partial charge in [-0.15, -0.1) is 13.2 Å². The molecule has 0 aliphatic carbocycles. The zero-order valence-electron chi connectivity index (χ0n) is 40.3. The minimum absolute atomic E-state index is 0. The van der Waals surface area contributed by atoms with Gasteiger partial charge in [0.2, 0.25) is 0 Å². The summed E-state index contributed by atoms with van der Waals surface area (Å²) in [5, 5.41) is 8.99. The van der Waals surface area contributed by atoms with E-state index in [1.165, 1.54) is 0 Å². The van der Waals surface area contributed by atoms with Gasteiger partial charge in [-0.1, -0.05) is 56.7 Å². The Morgan fingerprint density at radius 2 is 0.734 bits per heavy atom. The number of ether oxygens (including phenoxy) is 6. The van der Waals surface area contributed by atoms with Crippen molar-refractivity contribution in [2.45, 2.75) is 193 Å². The maximum atomic E-state index is 8.99. The van der Waals surface area contributed by atoms with Crippen molar-refractivity contribution in [2.75, 3.05) is 79.3 Å². The number of hydrogen-bond acceptors (Lipinski definition) is 12. The van der Waals surface area contributed by atoms with Crippen LogP contribution in [0.25, 0.3) is 0 Å². The maximum Gasteiger partial charge on any atom is 0.317 e. The molecule has 0 aliphatic heterocycles. The average Bonchev–Trinajstić information content (AvgIpc) is 3.03. The fourth-order valence-corrected chi connectivity index (χ4v) is 38.6. The first-order chi connectivity index (χ1) is 26.6. The summed E-state index contributed by atoms with van der Waals surface area (Å²) in [6, 6.07) is 3.10. The van der Waals surface area contributed by atoms with Gasteiger partial charge in [0.1, 0.15) is 0 Å². The molecule has 0 rings (SSSR count). The van der Waals surface area contributed by atoms with Crippen LogP contribution in [0.3, 0.4) is 0 Å². The molecule has 64 heavy (non-hydrogen) atoms. The highest BCUT2D eigenvalue weighted by Crippen LogP contribution is 2.29. The molecule has 19 heteroatoms. The van der Waals surface area contributed by atoms with E-state index in [9.17, 15) is 0 Å². The molecule has 0 aromatic rings. The quantitative estimate of drug-likeness (QED) is 0.0362. The first-order valence-corrected chi connectivity index (χ1v) is 42.7. The van der Waals surface area contributed by atoms with Crippen molar-refractivity contribution in [1.82, 2.24) is 0 Å². The molecule has 396 valence electrons. The van der Waals surface area contributed by atoms with Crippen LogP contribution in [-0.4, -0.2) is 149 Å². The van der Waals surface area contributed by atoms with Crippen LogP contribution >= 0.6 is 0 Å². The molecule has 1 unspecified atom stereocenters. The first kappa shape index (κ1) is 81.5. The van der Waals surface area contributed by atoms with Crippen molar-refractivity contribution in [1.29, 1.82) is 0 Å². The molecule has 0 amide bonds. The van der Waals surface area contributed by atoms with Crippen LogP contribution in [0.15, 0.2) is 25.3 Å². The second-order valence-electron chi connectivity index (χ2n) is 18.9. The molecule has 0 heterocycles. The zero-order chi connectivity index (χ0) is 45.0. The third-order valence-electron chi connectivity index (χ3n) is 7.74. The van der Waals surface area contributed by atoms with Crippen LogP contribution in [0, 0.1) is 0 Å². The minimum atomic E-state index is -2.54. The molecule has 1 N–H and O–H groups in total. The topological polar surface area (TPSA) is 122 Å². The Balaban J connectivity index is -0.000000150. The van der Waals surface area contributed by atoms with Crippen LogP contribution < -0.4 is 0 Å². The summed E-state index contributed by atoms with van der Waals surface area (Å²) in [5.74, 6) is 0. The second-order valence-corrected chi connectivity index (χ2v) is 47.9. The van der Waals surface area contributed by atoms with Gasteiger partial charge in [0.25, 0.3) is 0 Å². The Hall–Kier alpha value is 0.518. The fraction of sp³-hybridized carbons (Fsp3) is 0.911. The Bertz CT molecular complexity index is 981. The van der Waals surface area contributed by atoms with Gasteiger partial charge in [-0.05, 0) is 143 Å². The number of aliphatic hydroxyl groups is 1. The van der Waals surface area contributed by atoms with Gasteiger partial charge in [-0.25, -0.2) is 0 Å². The van der Waals surface area contributed by atoms with E-state index >= 15 is 0 Å². The molecule has 0 aliphatic rings. The van der Waals surface area contributed by atoms with Gasteiger partial charge in [-0.3, -0.25) is 0 Å². The molecular weight excluding hydrogens is 929 g/mol. The Morgan fingerprint density at radius 3 is 1.05 bits per heavy atom. The Labute approximate surface area is 408 Å². The highest BCUT2D eigenvalue weighted by Gasteiger charge is 2.47. The highest BCUT2D eigenvalue weighted by molar-refractivity contribution is 6.90. The third kappa shape index (κ3) is 55.1. The second kappa shape index (κ2) is 42.4. The lowest BCUT2D eigenvalue weighted by Crippen LogP contribution is -2.59. The maximum absolute atomic E-state index is 8.99. The zero-order valence-corrected chi connectivity index (χ0v) is 47.3. The van der Waals surface area contributed by atoms with Gasteiger partial charge in [0.05, 0.1) is 65.6 Å². The van der Waals surface area contributed by atoms with E-state index in [0.29, 0.717) is 59.5 Å². The normalized spacial score (nSPS) is 12.6. The lowest BCUT2D eigenvalue weighted by atomic mass is 10.4. The predicted octanol–water partition coefficient (Wildman–Crippen LogP) is 13.5. The summed E-state index contributed by atoms with van der Waals surface area (Å²) in [4.78, 5) is 0.